The van der Waals surface area contributed by atoms with E-state index < -0.39 is 0 Å². The van der Waals surface area contributed by atoms with Gasteiger partial charge in [0.2, 0.25) is 0 Å². The van der Waals surface area contributed by atoms with E-state index in [1.54, 1.807) is 12.5 Å². The molecule has 4 saturated carbocycles. The standard InChI is InChI=1S/C27H28N2O2/c1-3-25-12-24(2)13-26(15-25,20-4-8-22(9-5-20)30-18-28)17-27(14-24,16-25)21-6-10-23(11-7-21)31-19-29/h4-11H,3,12-17H2,1-2H3. The Morgan fingerprint density at radius 3 is 1.55 bits per heavy atom. The van der Waals surface area contributed by atoms with Crippen molar-refractivity contribution < 1.29 is 9.47 Å². The van der Waals surface area contributed by atoms with E-state index in [2.05, 4.69) is 38.1 Å². The molecule has 4 aliphatic carbocycles. The highest BCUT2D eigenvalue weighted by Crippen LogP contribution is 2.74. The second-order valence-electron chi connectivity index (χ2n) is 10.7. The zero-order valence-corrected chi connectivity index (χ0v) is 18.3. The quantitative estimate of drug-likeness (QED) is 0.536. The molecule has 4 fully saturated rings. The van der Waals surface area contributed by atoms with Crippen LogP contribution in [0.3, 0.4) is 0 Å². The van der Waals surface area contributed by atoms with Crippen molar-refractivity contribution >= 4 is 0 Å². The maximum atomic E-state index is 8.83. The van der Waals surface area contributed by atoms with Gasteiger partial charge in [0, 0.05) is 0 Å². The molecule has 0 aliphatic heterocycles. The Kier molecular flexibility index (Phi) is 4.35. The summed E-state index contributed by atoms with van der Waals surface area (Å²) in [7, 11) is 0. The lowest BCUT2D eigenvalue weighted by Crippen LogP contribution is -2.63. The predicted molar refractivity (Wildman–Crippen MR) is 117 cm³/mol. The fourth-order valence-electron chi connectivity index (χ4n) is 8.22. The molecule has 0 heterocycles. The molecule has 4 heteroatoms. The van der Waals surface area contributed by atoms with Gasteiger partial charge in [0.15, 0.2) is 0 Å². The second kappa shape index (κ2) is 6.76. The van der Waals surface area contributed by atoms with Crippen LogP contribution in [0.1, 0.15) is 69.9 Å². The lowest BCUT2D eigenvalue weighted by atomic mass is 9.33. The number of rotatable bonds is 5. The minimum atomic E-state index is 0.145. The molecule has 2 atom stereocenters. The molecule has 0 N–H and O–H groups in total. The average molecular weight is 413 g/mol. The summed E-state index contributed by atoms with van der Waals surface area (Å²) in [5.41, 5.74) is 3.73. The fraction of sp³-hybridized carbons (Fsp3) is 0.481. The molecule has 0 amide bonds. The molecular weight excluding hydrogens is 384 g/mol. The van der Waals surface area contributed by atoms with Crippen molar-refractivity contribution in [2.45, 2.75) is 69.6 Å². The molecule has 158 valence electrons. The van der Waals surface area contributed by atoms with Crippen LogP contribution in [0.5, 0.6) is 11.5 Å². The van der Waals surface area contributed by atoms with Crippen LogP contribution >= 0.6 is 0 Å². The first-order valence-electron chi connectivity index (χ1n) is 11.2. The lowest BCUT2D eigenvalue weighted by Gasteiger charge is -2.71. The van der Waals surface area contributed by atoms with Crippen molar-refractivity contribution in [3.8, 4) is 24.0 Å². The van der Waals surface area contributed by atoms with Gasteiger partial charge in [0.05, 0.1) is 0 Å². The van der Waals surface area contributed by atoms with E-state index in [1.165, 1.54) is 49.7 Å². The summed E-state index contributed by atoms with van der Waals surface area (Å²) in [5, 5.41) is 17.7. The van der Waals surface area contributed by atoms with Gasteiger partial charge in [-0.3, -0.25) is 0 Å². The highest BCUT2D eigenvalue weighted by atomic mass is 16.5. The van der Waals surface area contributed by atoms with Crippen molar-refractivity contribution in [3.05, 3.63) is 59.7 Å². The van der Waals surface area contributed by atoms with E-state index in [4.69, 9.17) is 20.0 Å². The van der Waals surface area contributed by atoms with Crippen LogP contribution in [0.4, 0.5) is 0 Å². The summed E-state index contributed by atoms with van der Waals surface area (Å²) in [5.74, 6) is 1.21. The lowest BCUT2D eigenvalue weighted by molar-refractivity contribution is -0.136. The first-order valence-corrected chi connectivity index (χ1v) is 11.2. The molecule has 31 heavy (non-hydrogen) atoms. The number of hydrogen-bond acceptors (Lipinski definition) is 4. The molecule has 0 spiro atoms. The number of benzene rings is 2. The van der Waals surface area contributed by atoms with Crippen LogP contribution in [0.2, 0.25) is 0 Å². The van der Waals surface area contributed by atoms with Crippen LogP contribution in [0, 0.1) is 33.9 Å². The van der Waals surface area contributed by atoms with Crippen molar-refractivity contribution in [2.24, 2.45) is 10.8 Å². The van der Waals surface area contributed by atoms with Gasteiger partial charge < -0.3 is 9.47 Å². The third kappa shape index (κ3) is 3.09. The van der Waals surface area contributed by atoms with Gasteiger partial charge in [0.25, 0.3) is 12.5 Å². The molecule has 4 nitrogen and oxygen atoms in total. The maximum absolute atomic E-state index is 8.83. The summed E-state index contributed by atoms with van der Waals surface area (Å²) in [6.45, 7) is 4.87. The molecule has 4 aliphatic rings. The Labute approximate surface area is 184 Å². The van der Waals surface area contributed by atoms with Crippen molar-refractivity contribution in [1.29, 1.82) is 10.5 Å². The summed E-state index contributed by atoms with van der Waals surface area (Å²) in [6.07, 6.45) is 12.1. The zero-order chi connectivity index (χ0) is 21.7. The highest BCUT2D eigenvalue weighted by molar-refractivity contribution is 5.43. The predicted octanol–water partition coefficient (Wildman–Crippen LogP) is 6.37. The van der Waals surface area contributed by atoms with Crippen molar-refractivity contribution in [1.82, 2.24) is 0 Å². The minimum absolute atomic E-state index is 0.145. The Morgan fingerprint density at radius 1 is 0.710 bits per heavy atom. The van der Waals surface area contributed by atoms with E-state index in [0.29, 0.717) is 22.3 Å². The van der Waals surface area contributed by atoms with Gasteiger partial charge in [-0.25, -0.2) is 0 Å². The summed E-state index contributed by atoms with van der Waals surface area (Å²) >= 11 is 0. The topological polar surface area (TPSA) is 66.0 Å². The normalized spacial score (nSPS) is 35.2. The number of nitrogens with zero attached hydrogens (tertiary/aromatic N) is 2. The Balaban J connectivity index is 1.60. The summed E-state index contributed by atoms with van der Waals surface area (Å²) in [4.78, 5) is 0. The third-order valence-electron chi connectivity index (χ3n) is 8.45. The van der Waals surface area contributed by atoms with Gasteiger partial charge in [-0.15, -0.1) is 10.5 Å². The first-order chi connectivity index (χ1) is 14.9. The smallest absolute Gasteiger partial charge is 0.292 e. The molecule has 0 saturated heterocycles. The van der Waals surface area contributed by atoms with Crippen LogP contribution in [-0.4, -0.2) is 0 Å². The Bertz CT molecular complexity index is 999. The van der Waals surface area contributed by atoms with E-state index in [9.17, 15) is 0 Å². The van der Waals surface area contributed by atoms with Gasteiger partial charge >= 0.3 is 0 Å². The van der Waals surface area contributed by atoms with Crippen LogP contribution < -0.4 is 9.47 Å². The van der Waals surface area contributed by atoms with E-state index >= 15 is 0 Å². The molecule has 2 aromatic rings. The summed E-state index contributed by atoms with van der Waals surface area (Å²) < 4.78 is 10.1. The molecule has 2 unspecified atom stereocenters. The van der Waals surface area contributed by atoms with Crippen molar-refractivity contribution in [3.63, 3.8) is 0 Å². The molecule has 0 aromatic heterocycles. The number of ether oxygens (including phenoxy) is 2. The SMILES string of the molecule is CCC12CC3(C)CC(c4ccc(OC#N)cc4)(C1)CC(c1ccc(OC#N)cc1)(C3)C2. The fourth-order valence-corrected chi connectivity index (χ4v) is 8.22. The minimum Gasteiger partial charge on any atom is -0.388 e. The van der Waals surface area contributed by atoms with Crippen LogP contribution in [-0.2, 0) is 10.8 Å². The molecule has 0 radical (unpaired) electrons. The van der Waals surface area contributed by atoms with Gasteiger partial charge in [-0.05, 0) is 95.6 Å². The monoisotopic (exact) mass is 412 g/mol. The van der Waals surface area contributed by atoms with Gasteiger partial charge in [-0.1, -0.05) is 44.5 Å². The highest BCUT2D eigenvalue weighted by Gasteiger charge is 2.66. The number of nitriles is 2. The van der Waals surface area contributed by atoms with Gasteiger partial charge in [0.1, 0.15) is 11.5 Å². The largest absolute Gasteiger partial charge is 0.388 e. The number of hydrogen-bond donors (Lipinski definition) is 0. The maximum Gasteiger partial charge on any atom is 0.292 e. The average Bonchev–Trinajstić information content (AvgIpc) is 2.73. The van der Waals surface area contributed by atoms with E-state index in [0.717, 1.165) is 6.42 Å². The molecule has 6 rings (SSSR count). The second-order valence-corrected chi connectivity index (χ2v) is 10.7. The molecular formula is C27H28N2O2. The zero-order valence-electron chi connectivity index (χ0n) is 18.3. The Morgan fingerprint density at radius 2 is 1.16 bits per heavy atom. The molecule has 2 aromatic carbocycles. The first kappa shape index (κ1) is 20.0. The molecule has 4 bridgehead atoms. The van der Waals surface area contributed by atoms with E-state index in [1.807, 2.05) is 24.3 Å². The van der Waals surface area contributed by atoms with Crippen LogP contribution in [0.25, 0.3) is 0 Å². The van der Waals surface area contributed by atoms with Crippen molar-refractivity contribution in [2.75, 3.05) is 0 Å². The van der Waals surface area contributed by atoms with Crippen LogP contribution in [0.15, 0.2) is 48.5 Å². The van der Waals surface area contributed by atoms with E-state index in [-0.39, 0.29) is 10.8 Å². The Hall–Kier alpha value is -2.98. The van der Waals surface area contributed by atoms with Gasteiger partial charge in [-0.2, -0.15) is 0 Å². The summed E-state index contributed by atoms with van der Waals surface area (Å²) in [6, 6.07) is 16.5. The third-order valence-corrected chi connectivity index (χ3v) is 8.45.